The maximum atomic E-state index is 9.20. The van der Waals surface area contributed by atoms with Crippen LogP contribution in [0.3, 0.4) is 0 Å². The lowest BCUT2D eigenvalue weighted by Gasteiger charge is -2.11. The van der Waals surface area contributed by atoms with Crippen LogP contribution in [-0.4, -0.2) is 32.0 Å². The van der Waals surface area contributed by atoms with E-state index >= 15 is 0 Å². The number of hydrogen-bond acceptors (Lipinski definition) is 4. The molecule has 0 atom stereocenters. The summed E-state index contributed by atoms with van der Waals surface area (Å²) < 4.78 is 16.1. The van der Waals surface area contributed by atoms with E-state index in [-0.39, 0.29) is 6.61 Å². The molecular weight excluding hydrogens is 232 g/mol. The van der Waals surface area contributed by atoms with Crippen molar-refractivity contribution in [1.29, 1.82) is 0 Å². The van der Waals surface area contributed by atoms with Gasteiger partial charge in [0.25, 0.3) is 0 Å². The van der Waals surface area contributed by atoms with Crippen molar-refractivity contribution in [2.75, 3.05) is 26.9 Å². The highest BCUT2D eigenvalue weighted by molar-refractivity contribution is 5.40. The van der Waals surface area contributed by atoms with Gasteiger partial charge in [-0.2, -0.15) is 0 Å². The Balaban J connectivity index is 2.39. The molecule has 1 rings (SSSR count). The summed E-state index contributed by atoms with van der Waals surface area (Å²) in [5, 5.41) is 9.20. The fraction of sp³-hybridized carbons (Fsp3) is 0.571. The molecule has 1 aromatic carbocycles. The van der Waals surface area contributed by atoms with Crippen molar-refractivity contribution >= 4 is 0 Å². The minimum atomic E-state index is -0.0456. The first-order valence-electron chi connectivity index (χ1n) is 6.30. The van der Waals surface area contributed by atoms with Gasteiger partial charge in [-0.1, -0.05) is 13.3 Å². The van der Waals surface area contributed by atoms with Gasteiger partial charge in [0.05, 0.1) is 20.3 Å². The molecule has 4 heteroatoms. The van der Waals surface area contributed by atoms with E-state index < -0.39 is 0 Å². The first kappa shape index (κ1) is 14.8. The lowest BCUT2D eigenvalue weighted by atomic mass is 10.2. The second-order valence-corrected chi connectivity index (χ2v) is 3.95. The van der Waals surface area contributed by atoms with Crippen LogP contribution in [0.4, 0.5) is 0 Å². The molecule has 0 aliphatic carbocycles. The normalized spacial score (nSPS) is 10.4. The van der Waals surface area contributed by atoms with E-state index in [2.05, 4.69) is 6.92 Å². The van der Waals surface area contributed by atoms with Crippen LogP contribution in [0.15, 0.2) is 18.2 Å². The van der Waals surface area contributed by atoms with Gasteiger partial charge in [0.1, 0.15) is 18.1 Å². The van der Waals surface area contributed by atoms with Crippen LogP contribution in [0.5, 0.6) is 11.5 Å². The second-order valence-electron chi connectivity index (χ2n) is 3.95. The number of methoxy groups -OCH3 is 1. The molecule has 0 radical (unpaired) electrons. The van der Waals surface area contributed by atoms with Crippen molar-refractivity contribution in [2.45, 2.75) is 26.4 Å². The standard InChI is InChI=1S/C14H22O4/c1-3-4-7-17-8-9-18-14-10-13(16-2)6-5-12(14)11-15/h5-6,10,15H,3-4,7-9,11H2,1-2H3. The Morgan fingerprint density at radius 1 is 1.17 bits per heavy atom. The molecule has 0 unspecified atom stereocenters. The van der Waals surface area contributed by atoms with E-state index in [4.69, 9.17) is 14.2 Å². The van der Waals surface area contributed by atoms with Gasteiger partial charge in [0.2, 0.25) is 0 Å². The highest BCUT2D eigenvalue weighted by Gasteiger charge is 2.04. The zero-order valence-electron chi connectivity index (χ0n) is 11.1. The summed E-state index contributed by atoms with van der Waals surface area (Å²) in [6, 6.07) is 5.37. The largest absolute Gasteiger partial charge is 0.497 e. The van der Waals surface area contributed by atoms with Crippen molar-refractivity contribution in [2.24, 2.45) is 0 Å². The van der Waals surface area contributed by atoms with Gasteiger partial charge in [-0.25, -0.2) is 0 Å². The van der Waals surface area contributed by atoms with Gasteiger partial charge >= 0.3 is 0 Å². The SMILES string of the molecule is CCCCOCCOc1cc(OC)ccc1CO. The fourth-order valence-corrected chi connectivity index (χ4v) is 1.49. The van der Waals surface area contributed by atoms with E-state index in [1.54, 1.807) is 25.3 Å². The van der Waals surface area contributed by atoms with Gasteiger partial charge in [0.15, 0.2) is 0 Å². The molecule has 18 heavy (non-hydrogen) atoms. The lowest BCUT2D eigenvalue weighted by Crippen LogP contribution is -2.08. The van der Waals surface area contributed by atoms with Crippen LogP contribution in [0.1, 0.15) is 25.3 Å². The van der Waals surface area contributed by atoms with Crippen molar-refractivity contribution in [1.82, 2.24) is 0 Å². The molecule has 0 bridgehead atoms. The molecule has 0 aliphatic heterocycles. The van der Waals surface area contributed by atoms with Crippen LogP contribution >= 0.6 is 0 Å². The number of rotatable bonds is 9. The van der Waals surface area contributed by atoms with Gasteiger partial charge in [-0.3, -0.25) is 0 Å². The molecule has 0 heterocycles. The van der Waals surface area contributed by atoms with Crippen LogP contribution in [-0.2, 0) is 11.3 Å². The molecule has 0 amide bonds. The van der Waals surface area contributed by atoms with E-state index in [1.807, 2.05) is 0 Å². The topological polar surface area (TPSA) is 47.9 Å². The summed E-state index contributed by atoms with van der Waals surface area (Å²) in [6.45, 7) is 3.89. The van der Waals surface area contributed by atoms with Crippen molar-refractivity contribution in [3.63, 3.8) is 0 Å². The Hall–Kier alpha value is -1.26. The molecule has 0 aliphatic rings. The summed E-state index contributed by atoms with van der Waals surface area (Å²) in [6.07, 6.45) is 2.20. The molecular formula is C14H22O4. The first-order valence-corrected chi connectivity index (χ1v) is 6.30. The van der Waals surface area contributed by atoms with Crippen molar-refractivity contribution in [3.05, 3.63) is 23.8 Å². The summed E-state index contributed by atoms with van der Waals surface area (Å²) in [4.78, 5) is 0. The molecule has 0 saturated carbocycles. The average molecular weight is 254 g/mol. The summed E-state index contributed by atoms with van der Waals surface area (Å²) in [5.41, 5.74) is 0.754. The summed E-state index contributed by atoms with van der Waals surface area (Å²) in [7, 11) is 1.60. The van der Waals surface area contributed by atoms with Crippen LogP contribution in [0.25, 0.3) is 0 Å². The highest BCUT2D eigenvalue weighted by atomic mass is 16.5. The zero-order chi connectivity index (χ0) is 13.2. The average Bonchev–Trinajstić information content (AvgIpc) is 2.42. The number of benzene rings is 1. The van der Waals surface area contributed by atoms with E-state index in [0.29, 0.717) is 24.7 Å². The number of aliphatic hydroxyl groups excluding tert-OH is 1. The molecule has 0 spiro atoms. The van der Waals surface area contributed by atoms with Crippen molar-refractivity contribution in [3.8, 4) is 11.5 Å². The van der Waals surface area contributed by atoms with E-state index in [1.165, 1.54) is 0 Å². The van der Waals surface area contributed by atoms with Crippen LogP contribution < -0.4 is 9.47 Å². The fourth-order valence-electron chi connectivity index (χ4n) is 1.49. The number of ether oxygens (including phenoxy) is 3. The molecule has 0 fully saturated rings. The van der Waals surface area contributed by atoms with Gasteiger partial charge in [0, 0.05) is 18.2 Å². The molecule has 102 valence electrons. The Bertz CT molecular complexity index is 339. The molecule has 1 aromatic rings. The maximum Gasteiger partial charge on any atom is 0.128 e. The molecule has 0 saturated heterocycles. The predicted octanol–water partition coefficient (Wildman–Crippen LogP) is 2.38. The van der Waals surface area contributed by atoms with E-state index in [9.17, 15) is 5.11 Å². The molecule has 0 aromatic heterocycles. The van der Waals surface area contributed by atoms with Crippen LogP contribution in [0, 0.1) is 0 Å². The molecule has 1 N–H and O–H groups in total. The molecule has 4 nitrogen and oxygen atoms in total. The highest BCUT2D eigenvalue weighted by Crippen LogP contribution is 2.24. The van der Waals surface area contributed by atoms with Crippen LogP contribution in [0.2, 0.25) is 0 Å². The van der Waals surface area contributed by atoms with Crippen molar-refractivity contribution < 1.29 is 19.3 Å². The lowest BCUT2D eigenvalue weighted by molar-refractivity contribution is 0.0970. The third-order valence-corrected chi connectivity index (χ3v) is 2.57. The number of unbranched alkanes of at least 4 members (excludes halogenated alkanes) is 1. The third kappa shape index (κ3) is 4.94. The zero-order valence-corrected chi connectivity index (χ0v) is 11.1. The van der Waals surface area contributed by atoms with Gasteiger partial charge in [-0.15, -0.1) is 0 Å². The Morgan fingerprint density at radius 3 is 2.67 bits per heavy atom. The predicted molar refractivity (Wildman–Crippen MR) is 70.1 cm³/mol. The number of hydrogen-bond donors (Lipinski definition) is 1. The first-order chi connectivity index (χ1) is 8.81. The van der Waals surface area contributed by atoms with Gasteiger partial charge < -0.3 is 19.3 Å². The Morgan fingerprint density at radius 2 is 2.00 bits per heavy atom. The third-order valence-electron chi connectivity index (χ3n) is 2.57. The smallest absolute Gasteiger partial charge is 0.128 e. The Kier molecular flexibility index (Phi) is 7.22. The quantitative estimate of drug-likeness (QED) is 0.687. The monoisotopic (exact) mass is 254 g/mol. The van der Waals surface area contributed by atoms with E-state index in [0.717, 1.165) is 25.0 Å². The number of aliphatic hydroxyl groups is 1. The minimum Gasteiger partial charge on any atom is -0.497 e. The maximum absolute atomic E-state index is 9.20. The Labute approximate surface area is 108 Å². The second kappa shape index (κ2) is 8.78. The summed E-state index contributed by atoms with van der Waals surface area (Å²) in [5.74, 6) is 1.37. The summed E-state index contributed by atoms with van der Waals surface area (Å²) >= 11 is 0. The minimum absolute atomic E-state index is 0.0456. The van der Waals surface area contributed by atoms with Gasteiger partial charge in [-0.05, 0) is 18.6 Å².